The summed E-state index contributed by atoms with van der Waals surface area (Å²) in [4.78, 5) is 0. The van der Waals surface area contributed by atoms with E-state index >= 15 is 0 Å². The molecule has 4 aliphatic carbocycles. The molecule has 0 aliphatic heterocycles. The Labute approximate surface area is 187 Å². The molecule has 1 N–H and O–H groups in total. The van der Waals surface area contributed by atoms with E-state index in [1.54, 1.807) is 5.57 Å². The van der Waals surface area contributed by atoms with Gasteiger partial charge >= 0.3 is 0 Å². The fraction of sp³-hybridized carbons (Fsp3) is 0.931. The highest BCUT2D eigenvalue weighted by Gasteiger charge is 2.59. The zero-order valence-electron chi connectivity index (χ0n) is 20.9. The van der Waals surface area contributed by atoms with Gasteiger partial charge in [-0.25, -0.2) is 0 Å². The van der Waals surface area contributed by atoms with Gasteiger partial charge in [-0.2, -0.15) is 0 Å². The van der Waals surface area contributed by atoms with Crippen molar-refractivity contribution in [3.63, 3.8) is 0 Å². The van der Waals surface area contributed by atoms with Crippen LogP contribution in [0.3, 0.4) is 0 Å². The minimum Gasteiger partial charge on any atom is -0.393 e. The fourth-order valence-electron chi connectivity index (χ4n) is 9.30. The average Bonchev–Trinajstić information content (AvgIpc) is 3.06. The Morgan fingerprint density at radius 1 is 1.00 bits per heavy atom. The minimum atomic E-state index is -0.0794. The van der Waals surface area contributed by atoms with Gasteiger partial charge in [0.1, 0.15) is 0 Å². The van der Waals surface area contributed by atoms with Crippen LogP contribution >= 0.6 is 0 Å². The molecule has 0 radical (unpaired) electrons. The van der Waals surface area contributed by atoms with Gasteiger partial charge in [-0.15, -0.1) is 0 Å². The summed E-state index contributed by atoms with van der Waals surface area (Å²) in [5, 5.41) is 10.2. The van der Waals surface area contributed by atoms with Gasteiger partial charge in [-0.1, -0.05) is 66.0 Å². The van der Waals surface area contributed by atoms with Crippen LogP contribution in [0.4, 0.5) is 0 Å². The Bertz CT molecular complexity index is 634. The van der Waals surface area contributed by atoms with Crippen molar-refractivity contribution in [1.29, 1.82) is 0 Å². The molecule has 3 saturated carbocycles. The van der Waals surface area contributed by atoms with Crippen molar-refractivity contribution in [2.45, 2.75) is 118 Å². The summed E-state index contributed by atoms with van der Waals surface area (Å²) in [6.45, 7) is 15.1. The van der Waals surface area contributed by atoms with Crippen molar-refractivity contribution in [3.8, 4) is 0 Å². The van der Waals surface area contributed by atoms with Gasteiger partial charge in [0.05, 0.1) is 6.10 Å². The highest BCUT2D eigenvalue weighted by molar-refractivity contribution is 5.25. The fourth-order valence-corrected chi connectivity index (χ4v) is 9.30. The molecule has 3 fully saturated rings. The Balaban J connectivity index is 1.47. The third-order valence-electron chi connectivity index (χ3n) is 11.3. The summed E-state index contributed by atoms with van der Waals surface area (Å²) in [6, 6.07) is 0. The highest BCUT2D eigenvalue weighted by Crippen LogP contribution is 2.67. The van der Waals surface area contributed by atoms with Gasteiger partial charge in [0.15, 0.2) is 0 Å². The van der Waals surface area contributed by atoms with Gasteiger partial charge < -0.3 is 5.11 Å². The molecule has 0 amide bonds. The zero-order chi connectivity index (χ0) is 21.7. The lowest BCUT2D eigenvalue weighted by Crippen LogP contribution is -2.50. The van der Waals surface area contributed by atoms with Crippen LogP contribution in [0.1, 0.15) is 112 Å². The van der Waals surface area contributed by atoms with Crippen molar-refractivity contribution in [2.24, 2.45) is 52.3 Å². The van der Waals surface area contributed by atoms with E-state index in [2.05, 4.69) is 47.6 Å². The summed E-state index contributed by atoms with van der Waals surface area (Å²) >= 11 is 0. The van der Waals surface area contributed by atoms with Crippen LogP contribution in [-0.4, -0.2) is 11.2 Å². The molecule has 0 saturated heterocycles. The number of aliphatic hydroxyl groups excluding tert-OH is 1. The van der Waals surface area contributed by atoms with Crippen LogP contribution in [0.25, 0.3) is 0 Å². The summed E-state index contributed by atoms with van der Waals surface area (Å²) in [5.74, 6) is 6.31. The van der Waals surface area contributed by atoms with E-state index in [0.717, 1.165) is 54.3 Å². The maximum absolute atomic E-state index is 10.2. The molecule has 1 heteroatoms. The normalized spacial score (nSPS) is 45.3. The molecule has 1 nitrogen and oxygen atoms in total. The lowest BCUT2D eigenvalue weighted by atomic mass is 9.47. The number of rotatable bonds is 6. The van der Waals surface area contributed by atoms with Crippen LogP contribution in [0.15, 0.2) is 11.6 Å². The number of hydrogen-bond acceptors (Lipinski definition) is 1. The number of aliphatic hydroxyl groups is 1. The summed E-state index contributed by atoms with van der Waals surface area (Å²) in [5.41, 5.74) is 2.59. The monoisotopic (exact) mass is 414 g/mol. The van der Waals surface area contributed by atoms with Crippen LogP contribution in [0.2, 0.25) is 0 Å². The number of fused-ring (bicyclic) bond motifs is 5. The van der Waals surface area contributed by atoms with Gasteiger partial charge in [0.25, 0.3) is 0 Å². The largest absolute Gasteiger partial charge is 0.393 e. The lowest BCUT2D eigenvalue weighted by molar-refractivity contribution is -0.0575. The van der Waals surface area contributed by atoms with E-state index in [9.17, 15) is 5.11 Å². The van der Waals surface area contributed by atoms with E-state index < -0.39 is 0 Å². The highest BCUT2D eigenvalue weighted by atomic mass is 16.3. The molecule has 0 bridgehead atoms. The SMILES string of the molecule is CC[C@H](CC[C@@H](C)[C@H]1CC[C@H]2[C@H]3CC=C4C[C@@H](O)CC[C@@]4(C)[C@@H]3CC[C@]12C)C(C)C. The topological polar surface area (TPSA) is 20.2 Å². The van der Waals surface area contributed by atoms with Gasteiger partial charge in [0, 0.05) is 0 Å². The molecule has 0 unspecified atom stereocenters. The van der Waals surface area contributed by atoms with E-state index in [0.29, 0.717) is 10.8 Å². The molecule has 0 aromatic heterocycles. The Kier molecular flexibility index (Phi) is 6.53. The first-order chi connectivity index (χ1) is 14.2. The molecular weight excluding hydrogens is 364 g/mol. The summed E-state index contributed by atoms with van der Waals surface area (Å²) in [6.07, 6.45) is 17.1. The second kappa shape index (κ2) is 8.57. The Morgan fingerprint density at radius 2 is 1.77 bits per heavy atom. The van der Waals surface area contributed by atoms with Crippen molar-refractivity contribution < 1.29 is 5.11 Å². The van der Waals surface area contributed by atoms with Crippen LogP contribution in [0, 0.1) is 52.3 Å². The summed E-state index contributed by atoms with van der Waals surface area (Å²) in [7, 11) is 0. The standard InChI is InChI=1S/C29H50O/c1-7-21(19(2)3)9-8-20(4)25-12-13-26-24-11-10-22-18-23(30)14-16-28(22,5)27(24)15-17-29(25,26)6/h10,19-21,23-27,30H,7-9,11-18H2,1-6H3/t20-,21-,23+,24-,25-,26+,27-,28-,29-/m1/s1. The van der Waals surface area contributed by atoms with Gasteiger partial charge in [-0.05, 0) is 110 Å². The van der Waals surface area contributed by atoms with Crippen LogP contribution < -0.4 is 0 Å². The van der Waals surface area contributed by atoms with E-state index in [-0.39, 0.29) is 6.10 Å². The van der Waals surface area contributed by atoms with Crippen molar-refractivity contribution in [1.82, 2.24) is 0 Å². The quantitative estimate of drug-likeness (QED) is 0.436. The summed E-state index contributed by atoms with van der Waals surface area (Å²) < 4.78 is 0. The predicted octanol–water partition coefficient (Wildman–Crippen LogP) is 8.02. The number of hydrogen-bond donors (Lipinski definition) is 1. The Hall–Kier alpha value is -0.300. The average molecular weight is 415 g/mol. The molecule has 0 aromatic rings. The maximum Gasteiger partial charge on any atom is 0.0577 e. The van der Waals surface area contributed by atoms with E-state index in [1.165, 1.54) is 57.8 Å². The number of allylic oxidation sites excluding steroid dienone is 1. The first-order valence-corrected chi connectivity index (χ1v) is 13.6. The molecule has 172 valence electrons. The second-order valence-corrected chi connectivity index (χ2v) is 12.9. The van der Waals surface area contributed by atoms with E-state index in [4.69, 9.17) is 0 Å². The van der Waals surface area contributed by atoms with E-state index in [1.807, 2.05) is 0 Å². The smallest absolute Gasteiger partial charge is 0.0577 e. The van der Waals surface area contributed by atoms with Crippen molar-refractivity contribution in [3.05, 3.63) is 11.6 Å². The van der Waals surface area contributed by atoms with Crippen LogP contribution in [-0.2, 0) is 0 Å². The molecular formula is C29H50O. The van der Waals surface area contributed by atoms with Gasteiger partial charge in [-0.3, -0.25) is 0 Å². The molecule has 0 heterocycles. The maximum atomic E-state index is 10.2. The minimum absolute atomic E-state index is 0.0794. The molecule has 30 heavy (non-hydrogen) atoms. The van der Waals surface area contributed by atoms with Crippen molar-refractivity contribution >= 4 is 0 Å². The predicted molar refractivity (Wildman–Crippen MR) is 128 cm³/mol. The molecule has 9 atom stereocenters. The molecule has 0 aromatic carbocycles. The molecule has 4 rings (SSSR count). The van der Waals surface area contributed by atoms with Crippen molar-refractivity contribution in [2.75, 3.05) is 0 Å². The zero-order valence-corrected chi connectivity index (χ0v) is 20.9. The third kappa shape index (κ3) is 3.74. The van der Waals surface area contributed by atoms with Crippen LogP contribution in [0.5, 0.6) is 0 Å². The third-order valence-corrected chi connectivity index (χ3v) is 11.3. The first-order valence-electron chi connectivity index (χ1n) is 13.6. The molecule has 4 aliphatic rings. The lowest BCUT2D eigenvalue weighted by Gasteiger charge is -2.58. The second-order valence-electron chi connectivity index (χ2n) is 12.9. The first kappa shape index (κ1) is 22.9. The van der Waals surface area contributed by atoms with Gasteiger partial charge in [0.2, 0.25) is 0 Å². The molecule has 0 spiro atoms. The Morgan fingerprint density at radius 3 is 2.47 bits per heavy atom.